The van der Waals surface area contributed by atoms with Gasteiger partial charge in [0.1, 0.15) is 6.54 Å². The van der Waals surface area contributed by atoms with Crippen LogP contribution in [0.1, 0.15) is 35.2 Å². The quantitative estimate of drug-likeness (QED) is 0.445. The summed E-state index contributed by atoms with van der Waals surface area (Å²) in [4.78, 5) is 34.9. The van der Waals surface area contributed by atoms with E-state index in [1.807, 2.05) is 73.7 Å². The minimum Gasteiger partial charge on any atom is -0.493 e. The van der Waals surface area contributed by atoms with E-state index in [4.69, 9.17) is 9.47 Å². The number of benzene rings is 3. The molecule has 3 aromatic carbocycles. The number of carbonyl (C=O) groups is 2. The van der Waals surface area contributed by atoms with Gasteiger partial charge in [-0.3, -0.25) is 9.59 Å². The van der Waals surface area contributed by atoms with Gasteiger partial charge in [-0.2, -0.15) is 0 Å². The van der Waals surface area contributed by atoms with Gasteiger partial charge in [0.05, 0.1) is 19.9 Å². The lowest BCUT2D eigenvalue weighted by Crippen LogP contribution is -2.67. The number of rotatable bonds is 5. The lowest BCUT2D eigenvalue weighted by atomic mass is 9.76. The predicted molar refractivity (Wildman–Crippen MR) is 141 cm³/mol. The van der Waals surface area contributed by atoms with Crippen molar-refractivity contribution in [3.8, 4) is 11.5 Å². The van der Waals surface area contributed by atoms with Crippen molar-refractivity contribution in [3.05, 3.63) is 95.2 Å². The molecule has 0 unspecified atom stereocenters. The molecule has 7 nitrogen and oxygen atoms in total. The summed E-state index contributed by atoms with van der Waals surface area (Å²) in [6.45, 7) is 2.66. The number of hydrogen-bond donors (Lipinski definition) is 1. The third-order valence-electron chi connectivity index (χ3n) is 7.84. The van der Waals surface area contributed by atoms with Crippen LogP contribution in [0, 0.1) is 0 Å². The van der Waals surface area contributed by atoms with Crippen LogP contribution in [0.25, 0.3) is 10.9 Å². The van der Waals surface area contributed by atoms with Crippen molar-refractivity contribution in [2.24, 2.45) is 0 Å². The van der Waals surface area contributed by atoms with Crippen LogP contribution < -0.4 is 9.47 Å². The fourth-order valence-corrected chi connectivity index (χ4v) is 6.07. The number of nitrogens with one attached hydrogen (secondary N) is 1. The highest BCUT2D eigenvalue weighted by Crippen LogP contribution is 2.50. The van der Waals surface area contributed by atoms with Gasteiger partial charge in [0, 0.05) is 35.5 Å². The Morgan fingerprint density at radius 3 is 2.46 bits per heavy atom. The maximum absolute atomic E-state index is 14.2. The topological polar surface area (TPSA) is 74.9 Å². The van der Waals surface area contributed by atoms with Gasteiger partial charge in [0.25, 0.3) is 5.91 Å². The Morgan fingerprint density at radius 2 is 1.70 bits per heavy atom. The maximum Gasteiger partial charge on any atom is 0.255 e. The lowest BCUT2D eigenvalue weighted by molar-refractivity contribution is -0.166. The fraction of sp³-hybridized carbons (Fsp3) is 0.267. The number of H-pyrrole nitrogens is 1. The molecule has 3 heterocycles. The van der Waals surface area contributed by atoms with Gasteiger partial charge in [0.2, 0.25) is 5.91 Å². The largest absolute Gasteiger partial charge is 0.493 e. The molecule has 0 radical (unpaired) electrons. The highest BCUT2D eigenvalue weighted by molar-refractivity contribution is 6.01. The van der Waals surface area contributed by atoms with Crippen LogP contribution in [0.3, 0.4) is 0 Å². The number of ether oxygens (including phenoxy) is 2. The average molecular weight is 496 g/mol. The number of fused-ring (bicyclic) bond motifs is 5. The van der Waals surface area contributed by atoms with Crippen LogP contribution in [0.5, 0.6) is 11.5 Å². The number of carbonyl (C=O) groups excluding carboxylic acids is 2. The molecule has 0 saturated carbocycles. The molecular weight excluding hydrogens is 466 g/mol. The number of amides is 2. The molecule has 0 spiro atoms. The van der Waals surface area contributed by atoms with Crippen molar-refractivity contribution in [2.45, 2.75) is 24.9 Å². The Kier molecular flexibility index (Phi) is 5.44. The SMILES string of the molecule is COc1cccc([C@H]2CN3C(=O)CN(Cc4ccccc4)C(=O)[C@]3(C)c3[nH]c4ccccc4c32)c1OC. The normalized spacial score (nSPS) is 21.1. The standard InChI is InChI=1S/C30H29N3O4/c1-30-28-26(21-12-7-8-14-23(21)31-28)22(20-13-9-15-24(36-2)27(20)37-3)17-33(30)25(34)18-32(29(30)35)16-19-10-5-4-6-11-19/h4-15,22,31H,16-18H2,1-3H3/t22-,30+/m1/s1. The van der Waals surface area contributed by atoms with Crippen LogP contribution in [-0.2, 0) is 21.7 Å². The second-order valence-corrected chi connectivity index (χ2v) is 9.82. The van der Waals surface area contributed by atoms with Gasteiger partial charge >= 0.3 is 0 Å². The van der Waals surface area contributed by atoms with Crippen molar-refractivity contribution in [1.29, 1.82) is 0 Å². The molecule has 7 heteroatoms. The van der Waals surface area contributed by atoms with E-state index in [9.17, 15) is 9.59 Å². The number of para-hydroxylation sites is 2. The fourth-order valence-electron chi connectivity index (χ4n) is 6.07. The molecule has 1 aromatic heterocycles. The predicted octanol–water partition coefficient (Wildman–Crippen LogP) is 4.42. The smallest absolute Gasteiger partial charge is 0.255 e. The summed E-state index contributed by atoms with van der Waals surface area (Å²) >= 11 is 0. The molecule has 6 rings (SSSR count). The summed E-state index contributed by atoms with van der Waals surface area (Å²) in [6, 6.07) is 23.7. The first-order valence-electron chi connectivity index (χ1n) is 12.4. The summed E-state index contributed by atoms with van der Waals surface area (Å²) in [5.74, 6) is 0.900. The number of methoxy groups -OCH3 is 2. The molecule has 188 valence electrons. The number of piperazine rings is 1. The first-order chi connectivity index (χ1) is 18.0. The van der Waals surface area contributed by atoms with Crippen molar-refractivity contribution in [1.82, 2.24) is 14.8 Å². The zero-order chi connectivity index (χ0) is 25.7. The molecule has 1 fully saturated rings. The Balaban J connectivity index is 1.54. The molecule has 0 bridgehead atoms. The van der Waals surface area contributed by atoms with E-state index >= 15 is 0 Å². The van der Waals surface area contributed by atoms with Crippen molar-refractivity contribution >= 4 is 22.7 Å². The minimum atomic E-state index is -1.15. The number of nitrogens with zero attached hydrogens (tertiary/aromatic N) is 2. The van der Waals surface area contributed by atoms with E-state index in [1.54, 1.807) is 24.0 Å². The third-order valence-corrected chi connectivity index (χ3v) is 7.84. The van der Waals surface area contributed by atoms with Crippen LogP contribution in [0.2, 0.25) is 0 Å². The van der Waals surface area contributed by atoms with E-state index in [0.29, 0.717) is 24.6 Å². The van der Waals surface area contributed by atoms with Crippen molar-refractivity contribution < 1.29 is 19.1 Å². The van der Waals surface area contributed by atoms with Crippen LogP contribution in [0.4, 0.5) is 0 Å². The Labute approximate surface area is 215 Å². The number of aromatic amines is 1. The molecule has 4 aromatic rings. The van der Waals surface area contributed by atoms with Gasteiger partial charge in [-0.15, -0.1) is 0 Å². The first-order valence-corrected chi connectivity index (χ1v) is 12.4. The highest BCUT2D eigenvalue weighted by atomic mass is 16.5. The van der Waals surface area contributed by atoms with Gasteiger partial charge in [-0.05, 0) is 30.2 Å². The molecule has 1 saturated heterocycles. The van der Waals surface area contributed by atoms with Gasteiger partial charge in [0.15, 0.2) is 17.0 Å². The molecule has 2 aliphatic heterocycles. The zero-order valence-electron chi connectivity index (χ0n) is 21.2. The van der Waals surface area contributed by atoms with E-state index in [-0.39, 0.29) is 24.3 Å². The van der Waals surface area contributed by atoms with E-state index in [2.05, 4.69) is 11.1 Å². The van der Waals surface area contributed by atoms with Crippen molar-refractivity contribution in [2.75, 3.05) is 27.3 Å². The van der Waals surface area contributed by atoms with Crippen LogP contribution >= 0.6 is 0 Å². The highest BCUT2D eigenvalue weighted by Gasteiger charge is 2.56. The molecule has 1 N–H and O–H groups in total. The summed E-state index contributed by atoms with van der Waals surface area (Å²) in [5.41, 5.74) is 3.47. The molecule has 2 aliphatic rings. The van der Waals surface area contributed by atoms with Gasteiger partial charge in [-0.1, -0.05) is 60.7 Å². The van der Waals surface area contributed by atoms with E-state index in [1.165, 1.54) is 0 Å². The van der Waals surface area contributed by atoms with E-state index < -0.39 is 5.54 Å². The Bertz CT molecular complexity index is 1510. The van der Waals surface area contributed by atoms with Crippen molar-refractivity contribution in [3.63, 3.8) is 0 Å². The lowest BCUT2D eigenvalue weighted by Gasteiger charge is -2.51. The number of aromatic nitrogens is 1. The Hall–Kier alpha value is -4.26. The molecular formula is C30H29N3O4. The maximum atomic E-state index is 14.2. The van der Waals surface area contributed by atoms with Gasteiger partial charge in [-0.25, -0.2) is 0 Å². The zero-order valence-corrected chi connectivity index (χ0v) is 21.2. The van der Waals surface area contributed by atoms with Gasteiger partial charge < -0.3 is 24.3 Å². The average Bonchev–Trinajstić information content (AvgIpc) is 3.32. The summed E-state index contributed by atoms with van der Waals surface area (Å²) in [5, 5.41) is 1.04. The summed E-state index contributed by atoms with van der Waals surface area (Å²) in [6.07, 6.45) is 0. The Morgan fingerprint density at radius 1 is 0.946 bits per heavy atom. The summed E-state index contributed by atoms with van der Waals surface area (Å²) < 4.78 is 11.4. The molecule has 2 amide bonds. The second kappa shape index (κ2) is 8.69. The van der Waals surface area contributed by atoms with Crippen LogP contribution in [0.15, 0.2) is 72.8 Å². The first kappa shape index (κ1) is 23.2. The van der Waals surface area contributed by atoms with E-state index in [0.717, 1.165) is 33.3 Å². The molecule has 2 atom stereocenters. The molecule has 37 heavy (non-hydrogen) atoms. The summed E-state index contributed by atoms with van der Waals surface area (Å²) in [7, 11) is 3.24. The minimum absolute atomic E-state index is 0.0425. The second-order valence-electron chi connectivity index (χ2n) is 9.82. The monoisotopic (exact) mass is 495 g/mol. The number of hydrogen-bond acceptors (Lipinski definition) is 4. The third kappa shape index (κ3) is 3.41. The molecule has 0 aliphatic carbocycles. The van der Waals surface area contributed by atoms with Crippen LogP contribution in [-0.4, -0.2) is 53.9 Å².